The fourth-order valence-corrected chi connectivity index (χ4v) is 2.80. The zero-order chi connectivity index (χ0) is 18.3. The molecular weight excluding hydrogens is 568 g/mol. The summed E-state index contributed by atoms with van der Waals surface area (Å²) < 4.78 is 0. The fourth-order valence-electron chi connectivity index (χ4n) is 2.06. The molecule has 2 aromatic rings. The molecule has 0 bridgehead atoms. The third-order valence-electron chi connectivity index (χ3n) is 3.42. The van der Waals surface area contributed by atoms with Gasteiger partial charge in [-0.1, -0.05) is 49.2 Å². The summed E-state index contributed by atoms with van der Waals surface area (Å²) in [6, 6.07) is 10.2. The molecule has 0 fully saturated rings. The summed E-state index contributed by atoms with van der Waals surface area (Å²) >= 11 is 9.97. The Labute approximate surface area is 208 Å². The van der Waals surface area contributed by atoms with Crippen LogP contribution in [0, 0.1) is 0 Å². The molecule has 0 aliphatic rings. The van der Waals surface area contributed by atoms with Crippen LogP contribution in [0.4, 0.5) is 0 Å². The fraction of sp³-hybridized carbons (Fsp3) is 0.222. The first-order valence-electron chi connectivity index (χ1n) is 7.37. The first kappa shape index (κ1) is 28.0. The zero-order valence-corrected chi connectivity index (χ0v) is 24.2. The Bertz CT molecular complexity index is 697. The van der Waals surface area contributed by atoms with Gasteiger partial charge in [0.15, 0.2) is 0 Å². The minimum Gasteiger partial charge on any atom is -1.00 e. The van der Waals surface area contributed by atoms with E-state index in [1.54, 1.807) is 12.1 Å². The number of benzene rings is 2. The van der Waals surface area contributed by atoms with E-state index in [-0.39, 0.29) is 69.8 Å². The summed E-state index contributed by atoms with van der Waals surface area (Å²) in [6.45, 7) is 3.91. The molecule has 0 unspecified atom stereocenters. The Hall–Kier alpha value is -0.245. The maximum atomic E-state index is 10.6. The molecule has 2 N–H and O–H groups in total. The Morgan fingerprint density at radius 2 is 1.15 bits per heavy atom. The summed E-state index contributed by atoms with van der Waals surface area (Å²) in [5.41, 5.74) is 2.29. The molecule has 0 aliphatic carbocycles. The minimum atomic E-state index is -0.949. The van der Waals surface area contributed by atoms with Gasteiger partial charge in [-0.15, -0.1) is 0 Å². The number of hydrogen-bond donors (Lipinski definition) is 2. The van der Waals surface area contributed by atoms with Crippen molar-refractivity contribution < 1.29 is 78.5 Å². The number of aryl methyl sites for hydroxylation is 2. The van der Waals surface area contributed by atoms with E-state index in [0.29, 0.717) is 9.79 Å². The van der Waals surface area contributed by atoms with Crippen LogP contribution in [0.3, 0.4) is 0 Å². The molecule has 4 nitrogen and oxygen atoms in total. The van der Waals surface area contributed by atoms with Gasteiger partial charge in [0.25, 0.3) is 0 Å². The minimum absolute atomic E-state index is 0. The SMILES string of the molecule is CCc1cccc(C(=O)O)c1[S-].CCc1cccc(C(=O)O)c1[S-].[H-].[Hg+2].[Na+]. The Balaban J connectivity index is -0.000000384. The molecule has 0 atom stereocenters. The molecule has 0 saturated heterocycles. The van der Waals surface area contributed by atoms with Gasteiger partial charge >= 0.3 is 69.2 Å². The third kappa shape index (κ3) is 7.78. The second-order valence-corrected chi connectivity index (χ2v) is 5.72. The number of hydrogen-bond acceptors (Lipinski definition) is 4. The largest absolute Gasteiger partial charge is 2.00 e. The van der Waals surface area contributed by atoms with Crippen LogP contribution in [0.5, 0.6) is 0 Å². The molecule has 0 amide bonds. The zero-order valence-electron chi connectivity index (χ0n) is 16.1. The smallest absolute Gasteiger partial charge is 1.00 e. The van der Waals surface area contributed by atoms with E-state index in [4.69, 9.17) is 35.5 Å². The Morgan fingerprint density at radius 1 is 0.846 bits per heavy atom. The standard InChI is InChI=1S/2C9H10O2S.Hg.Na.H/c2*1-2-6-4-3-5-7(8(6)12)9(10)11;;;/h2*3-5,12H,2H2,1H3,(H,10,11);;;/q;;+2;+1;-1/p-2. The molecule has 130 valence electrons. The van der Waals surface area contributed by atoms with E-state index in [1.165, 1.54) is 12.1 Å². The number of carboxylic acids is 2. The van der Waals surface area contributed by atoms with Crippen LogP contribution < -0.4 is 29.6 Å². The van der Waals surface area contributed by atoms with Crippen molar-refractivity contribution in [3.05, 3.63) is 58.7 Å². The maximum absolute atomic E-state index is 10.6. The first-order chi connectivity index (χ1) is 11.3. The van der Waals surface area contributed by atoms with Crippen molar-refractivity contribution in [2.45, 2.75) is 36.5 Å². The van der Waals surface area contributed by atoms with E-state index in [0.717, 1.165) is 24.0 Å². The van der Waals surface area contributed by atoms with Crippen LogP contribution >= 0.6 is 0 Å². The molecule has 0 heterocycles. The van der Waals surface area contributed by atoms with Gasteiger partial charge < -0.3 is 36.9 Å². The molecule has 0 aliphatic heterocycles. The molecule has 2 rings (SSSR count). The van der Waals surface area contributed by atoms with Gasteiger partial charge in [-0.05, 0) is 25.0 Å². The third-order valence-corrected chi connectivity index (χ3v) is 4.38. The van der Waals surface area contributed by atoms with Gasteiger partial charge in [-0.2, -0.15) is 9.79 Å². The maximum Gasteiger partial charge on any atom is 2.00 e. The van der Waals surface area contributed by atoms with Crippen molar-refractivity contribution in [1.82, 2.24) is 0 Å². The number of carboxylic acid groups (broad SMARTS) is 2. The molecule has 26 heavy (non-hydrogen) atoms. The summed E-state index contributed by atoms with van der Waals surface area (Å²) in [5.74, 6) is -1.90. The van der Waals surface area contributed by atoms with Gasteiger partial charge in [-0.25, -0.2) is 9.59 Å². The van der Waals surface area contributed by atoms with Gasteiger partial charge in [0.2, 0.25) is 0 Å². The topological polar surface area (TPSA) is 74.6 Å². The van der Waals surface area contributed by atoms with Gasteiger partial charge in [0.1, 0.15) is 0 Å². The number of aromatic carboxylic acids is 2. The molecule has 0 radical (unpaired) electrons. The van der Waals surface area contributed by atoms with E-state index in [1.807, 2.05) is 26.0 Å². The van der Waals surface area contributed by atoms with Crippen LogP contribution in [-0.4, -0.2) is 22.2 Å². The van der Waals surface area contributed by atoms with E-state index < -0.39 is 11.9 Å². The van der Waals surface area contributed by atoms with Crippen LogP contribution in [0.25, 0.3) is 0 Å². The van der Waals surface area contributed by atoms with E-state index in [9.17, 15) is 9.59 Å². The van der Waals surface area contributed by atoms with Crippen molar-refractivity contribution in [2.75, 3.05) is 0 Å². The second-order valence-electron chi connectivity index (χ2n) is 4.91. The number of rotatable bonds is 4. The Kier molecular flexibility index (Phi) is 14.9. The summed E-state index contributed by atoms with van der Waals surface area (Å²) in [7, 11) is 0. The first-order valence-corrected chi connectivity index (χ1v) is 8.19. The van der Waals surface area contributed by atoms with Crippen molar-refractivity contribution >= 4 is 37.2 Å². The predicted octanol–water partition coefficient (Wildman–Crippen LogP) is 0.820. The van der Waals surface area contributed by atoms with Crippen molar-refractivity contribution in [2.24, 2.45) is 0 Å². The molecule has 0 saturated carbocycles. The van der Waals surface area contributed by atoms with Crippen LogP contribution in [0.15, 0.2) is 46.2 Å². The van der Waals surface area contributed by atoms with Crippen molar-refractivity contribution in [3.63, 3.8) is 0 Å². The van der Waals surface area contributed by atoms with Crippen molar-refractivity contribution in [1.29, 1.82) is 0 Å². The number of carbonyl (C=O) groups is 2. The van der Waals surface area contributed by atoms with E-state index >= 15 is 0 Å². The van der Waals surface area contributed by atoms with Crippen LogP contribution in [-0.2, 0) is 65.8 Å². The van der Waals surface area contributed by atoms with Crippen LogP contribution in [0.1, 0.15) is 47.1 Å². The summed E-state index contributed by atoms with van der Waals surface area (Å²) in [6.07, 6.45) is 1.56. The molecule has 2 aromatic carbocycles. The Morgan fingerprint density at radius 3 is 1.38 bits per heavy atom. The summed E-state index contributed by atoms with van der Waals surface area (Å²) in [4.78, 5) is 22.2. The predicted molar refractivity (Wildman–Crippen MR) is 97.9 cm³/mol. The summed E-state index contributed by atoms with van der Waals surface area (Å²) in [5, 5.41) is 17.4. The average Bonchev–Trinajstić information content (AvgIpc) is 2.55. The monoisotopic (exact) mass is 588 g/mol. The van der Waals surface area contributed by atoms with Crippen LogP contribution in [0.2, 0.25) is 0 Å². The second kappa shape index (κ2) is 13.9. The molecule has 0 aromatic heterocycles. The van der Waals surface area contributed by atoms with Gasteiger partial charge in [0.05, 0.1) is 0 Å². The van der Waals surface area contributed by atoms with Gasteiger partial charge in [0, 0.05) is 11.1 Å². The molecule has 8 heteroatoms. The van der Waals surface area contributed by atoms with E-state index in [2.05, 4.69) is 0 Å². The average molecular weight is 587 g/mol. The normalized spacial score (nSPS) is 9.00. The van der Waals surface area contributed by atoms with Crippen molar-refractivity contribution in [3.8, 4) is 0 Å². The molecular formula is C18H19HgNaO4S2. The quantitative estimate of drug-likeness (QED) is 0.408. The molecule has 0 spiro atoms. The van der Waals surface area contributed by atoms with Gasteiger partial charge in [-0.3, -0.25) is 0 Å².